The van der Waals surface area contributed by atoms with E-state index in [1.807, 2.05) is 86.6 Å². The van der Waals surface area contributed by atoms with Gasteiger partial charge in [-0.3, -0.25) is 4.79 Å². The molecule has 31 heavy (non-hydrogen) atoms. The predicted molar refractivity (Wildman–Crippen MR) is 129 cm³/mol. The molecule has 0 fully saturated rings. The third kappa shape index (κ3) is 3.62. The van der Waals surface area contributed by atoms with E-state index in [2.05, 4.69) is 26.2 Å². The molecule has 5 aromatic rings. The number of nitrogens with zero attached hydrogens (tertiary/aromatic N) is 1. The lowest BCUT2D eigenvalue weighted by Crippen LogP contribution is -2.13. The first kappa shape index (κ1) is 19.5. The molecule has 1 heterocycles. The number of fused-ring (bicyclic) bond motifs is 2. The Balaban J connectivity index is 1.51. The largest absolute Gasteiger partial charge is 0.436 e. The number of aromatic nitrogens is 1. The molecule has 0 aliphatic heterocycles. The van der Waals surface area contributed by atoms with Crippen LogP contribution in [0.4, 0.5) is 5.69 Å². The normalized spacial score (nSPS) is 11.2. The van der Waals surface area contributed by atoms with Crippen LogP contribution in [0, 0.1) is 13.8 Å². The Hall–Kier alpha value is -3.44. The van der Waals surface area contributed by atoms with Crippen molar-refractivity contribution < 1.29 is 9.21 Å². The Morgan fingerprint density at radius 3 is 2.61 bits per heavy atom. The average molecular weight is 471 g/mol. The van der Waals surface area contributed by atoms with E-state index < -0.39 is 0 Å². The van der Waals surface area contributed by atoms with Crippen molar-refractivity contribution in [2.75, 3.05) is 5.32 Å². The zero-order valence-corrected chi connectivity index (χ0v) is 18.7. The maximum absolute atomic E-state index is 13.2. The lowest BCUT2D eigenvalue weighted by atomic mass is 10.0. The van der Waals surface area contributed by atoms with Gasteiger partial charge in [-0.2, -0.15) is 0 Å². The van der Waals surface area contributed by atoms with Crippen molar-refractivity contribution in [3.05, 3.63) is 94.0 Å². The molecule has 5 heteroatoms. The molecule has 4 nitrogen and oxygen atoms in total. The van der Waals surface area contributed by atoms with E-state index in [1.54, 1.807) is 0 Å². The van der Waals surface area contributed by atoms with Crippen LogP contribution in [0.3, 0.4) is 0 Å². The van der Waals surface area contributed by atoms with Crippen LogP contribution >= 0.6 is 15.9 Å². The van der Waals surface area contributed by atoms with Crippen LogP contribution < -0.4 is 5.32 Å². The minimum Gasteiger partial charge on any atom is -0.436 e. The molecule has 0 unspecified atom stereocenters. The molecule has 1 amide bonds. The van der Waals surface area contributed by atoms with Gasteiger partial charge in [0.15, 0.2) is 5.58 Å². The summed E-state index contributed by atoms with van der Waals surface area (Å²) >= 11 is 3.56. The maximum Gasteiger partial charge on any atom is 0.256 e. The summed E-state index contributed by atoms with van der Waals surface area (Å²) in [4.78, 5) is 17.8. The minimum absolute atomic E-state index is 0.155. The van der Waals surface area contributed by atoms with E-state index in [9.17, 15) is 4.79 Å². The highest BCUT2D eigenvalue weighted by Gasteiger charge is 2.15. The highest BCUT2D eigenvalue weighted by molar-refractivity contribution is 9.10. The van der Waals surface area contributed by atoms with Gasteiger partial charge in [0.25, 0.3) is 5.91 Å². The van der Waals surface area contributed by atoms with Crippen LogP contribution in [0.2, 0.25) is 0 Å². The predicted octanol–water partition coefficient (Wildman–Crippen LogP) is 7.28. The Bertz CT molecular complexity index is 1470. The summed E-state index contributed by atoms with van der Waals surface area (Å²) in [7, 11) is 0. The highest BCUT2D eigenvalue weighted by atomic mass is 79.9. The monoisotopic (exact) mass is 470 g/mol. The van der Waals surface area contributed by atoms with E-state index in [1.165, 1.54) is 0 Å². The molecule has 1 N–H and O–H groups in total. The van der Waals surface area contributed by atoms with Crippen molar-refractivity contribution in [1.82, 2.24) is 4.98 Å². The lowest BCUT2D eigenvalue weighted by molar-refractivity contribution is 0.102. The molecule has 4 aromatic carbocycles. The molecule has 0 saturated carbocycles. The second-order valence-corrected chi connectivity index (χ2v) is 8.47. The van der Waals surface area contributed by atoms with Crippen LogP contribution in [0.1, 0.15) is 21.5 Å². The first-order valence-electron chi connectivity index (χ1n) is 9.96. The van der Waals surface area contributed by atoms with Crippen molar-refractivity contribution in [2.45, 2.75) is 13.8 Å². The number of hydrogen-bond acceptors (Lipinski definition) is 3. The van der Waals surface area contributed by atoms with E-state index in [0.717, 1.165) is 48.7 Å². The minimum atomic E-state index is -0.155. The third-order valence-corrected chi connectivity index (χ3v) is 6.08. The van der Waals surface area contributed by atoms with Crippen molar-refractivity contribution in [3.63, 3.8) is 0 Å². The zero-order valence-electron chi connectivity index (χ0n) is 17.1. The molecule has 0 spiro atoms. The van der Waals surface area contributed by atoms with Gasteiger partial charge >= 0.3 is 0 Å². The average Bonchev–Trinajstić information content (AvgIpc) is 3.18. The lowest BCUT2D eigenvalue weighted by Gasteiger charge is -2.12. The SMILES string of the molecule is Cc1ccc2oc(-c3ccc(C)c(NC(=O)c4cccc5c(Br)cccc45)c3)nc2c1. The van der Waals surface area contributed by atoms with E-state index in [4.69, 9.17) is 4.42 Å². The Kier molecular flexibility index (Phi) is 4.83. The van der Waals surface area contributed by atoms with Crippen LogP contribution in [-0.2, 0) is 0 Å². The number of rotatable bonds is 3. The number of hydrogen-bond donors (Lipinski definition) is 1. The summed E-state index contributed by atoms with van der Waals surface area (Å²) in [5.74, 6) is 0.377. The molecule has 152 valence electrons. The summed E-state index contributed by atoms with van der Waals surface area (Å²) in [6.07, 6.45) is 0. The number of carbonyl (C=O) groups is 1. The fourth-order valence-corrected chi connectivity index (χ4v) is 4.21. The number of benzene rings is 4. The van der Waals surface area contributed by atoms with Gasteiger partial charge in [-0.25, -0.2) is 4.98 Å². The van der Waals surface area contributed by atoms with Gasteiger partial charge in [-0.05, 0) is 72.1 Å². The fraction of sp³-hybridized carbons (Fsp3) is 0.0769. The van der Waals surface area contributed by atoms with E-state index in [-0.39, 0.29) is 5.91 Å². The van der Waals surface area contributed by atoms with Crippen molar-refractivity contribution >= 4 is 49.4 Å². The second-order valence-electron chi connectivity index (χ2n) is 7.61. The molecule has 0 radical (unpaired) electrons. The van der Waals surface area contributed by atoms with E-state index in [0.29, 0.717) is 11.5 Å². The number of nitrogens with one attached hydrogen (secondary N) is 1. The van der Waals surface area contributed by atoms with Crippen molar-refractivity contribution in [2.24, 2.45) is 0 Å². The number of amides is 1. The summed E-state index contributed by atoms with van der Waals surface area (Å²) in [6, 6.07) is 23.3. The topological polar surface area (TPSA) is 55.1 Å². The molecular formula is C26H19BrN2O2. The number of aryl methyl sites for hydroxylation is 2. The van der Waals surface area contributed by atoms with Gasteiger partial charge < -0.3 is 9.73 Å². The first-order chi connectivity index (χ1) is 15.0. The number of anilines is 1. The molecule has 0 atom stereocenters. The Morgan fingerprint density at radius 2 is 1.74 bits per heavy atom. The van der Waals surface area contributed by atoms with Crippen LogP contribution in [-0.4, -0.2) is 10.9 Å². The molecule has 5 rings (SSSR count). The van der Waals surface area contributed by atoms with Gasteiger partial charge in [-0.15, -0.1) is 0 Å². The first-order valence-corrected chi connectivity index (χ1v) is 10.8. The molecule has 0 bridgehead atoms. The molecular weight excluding hydrogens is 452 g/mol. The van der Waals surface area contributed by atoms with Crippen LogP contribution in [0.5, 0.6) is 0 Å². The zero-order chi connectivity index (χ0) is 21.5. The summed E-state index contributed by atoms with van der Waals surface area (Å²) in [5, 5.41) is 4.97. The number of halogens is 1. The van der Waals surface area contributed by atoms with Gasteiger partial charge in [-0.1, -0.05) is 52.3 Å². The maximum atomic E-state index is 13.2. The third-order valence-electron chi connectivity index (χ3n) is 5.39. The van der Waals surface area contributed by atoms with Crippen LogP contribution in [0.15, 0.2) is 81.7 Å². The molecule has 0 aliphatic rings. The highest BCUT2D eigenvalue weighted by Crippen LogP contribution is 2.30. The Labute approximate surface area is 188 Å². The van der Waals surface area contributed by atoms with Crippen molar-refractivity contribution in [3.8, 4) is 11.5 Å². The quantitative estimate of drug-likeness (QED) is 0.301. The molecule has 1 aromatic heterocycles. The number of oxazole rings is 1. The fourth-order valence-electron chi connectivity index (χ4n) is 3.71. The smallest absolute Gasteiger partial charge is 0.256 e. The van der Waals surface area contributed by atoms with E-state index >= 15 is 0 Å². The summed E-state index contributed by atoms with van der Waals surface area (Å²) < 4.78 is 6.90. The summed E-state index contributed by atoms with van der Waals surface area (Å²) in [5.41, 5.74) is 5.83. The number of carbonyl (C=O) groups excluding carboxylic acids is 1. The van der Waals surface area contributed by atoms with Crippen LogP contribution in [0.25, 0.3) is 33.3 Å². The summed E-state index contributed by atoms with van der Waals surface area (Å²) in [6.45, 7) is 3.99. The van der Waals surface area contributed by atoms with Gasteiger partial charge in [0.05, 0.1) is 0 Å². The molecule has 0 saturated heterocycles. The van der Waals surface area contributed by atoms with Gasteiger partial charge in [0.1, 0.15) is 5.52 Å². The molecule has 0 aliphatic carbocycles. The Morgan fingerprint density at radius 1 is 0.935 bits per heavy atom. The second kappa shape index (κ2) is 7.67. The standard InChI is InChI=1S/C26H19BrN2O2/c1-15-9-12-24-23(13-15)29-26(31-24)17-11-10-16(2)22(14-17)28-25(30)20-7-3-6-19-18(20)5-4-8-21(19)27/h3-14H,1-2H3,(H,28,30). The van der Waals surface area contributed by atoms with Gasteiger partial charge in [0.2, 0.25) is 5.89 Å². The van der Waals surface area contributed by atoms with Crippen molar-refractivity contribution in [1.29, 1.82) is 0 Å². The van der Waals surface area contributed by atoms with Gasteiger partial charge in [0, 0.05) is 21.3 Å².